The van der Waals surface area contributed by atoms with Crippen LogP contribution in [-0.4, -0.2) is 34.5 Å². The molecule has 0 amide bonds. The van der Waals surface area contributed by atoms with Crippen LogP contribution < -0.4 is 10.6 Å². The van der Waals surface area contributed by atoms with E-state index in [0.717, 1.165) is 31.1 Å². The normalized spacial score (nSPS) is 18.6. The predicted molar refractivity (Wildman–Crippen MR) is 83.2 cm³/mol. The Morgan fingerprint density at radius 3 is 3.18 bits per heavy atom. The molecule has 2 heterocycles. The number of nitrogens with zero attached hydrogens (tertiary/aromatic N) is 2. The zero-order chi connectivity index (χ0) is 15.5. The van der Waals surface area contributed by atoms with E-state index in [1.165, 1.54) is 12.1 Å². The van der Waals surface area contributed by atoms with Gasteiger partial charge in [0.2, 0.25) is 0 Å². The van der Waals surface area contributed by atoms with E-state index in [-0.39, 0.29) is 5.82 Å². The molecule has 1 aromatic heterocycles. The molecule has 1 aliphatic rings. The van der Waals surface area contributed by atoms with E-state index >= 15 is 0 Å². The number of hydrogen-bond donors (Lipinski definition) is 3. The molecule has 0 unspecified atom stereocenters. The SMILES string of the molecule is Cc1cc2n(n1)C[C@@H](CNC[C@@H](O)c1cccc(F)c1)CN2. The van der Waals surface area contributed by atoms with Crippen LogP contribution in [0.4, 0.5) is 10.2 Å². The number of fused-ring (bicyclic) bond motifs is 1. The van der Waals surface area contributed by atoms with Gasteiger partial charge in [-0.3, -0.25) is 0 Å². The van der Waals surface area contributed by atoms with Crippen molar-refractivity contribution in [2.45, 2.75) is 19.6 Å². The molecule has 2 aromatic rings. The number of benzene rings is 1. The highest BCUT2D eigenvalue weighted by Crippen LogP contribution is 2.18. The van der Waals surface area contributed by atoms with Crippen LogP contribution in [0.2, 0.25) is 0 Å². The largest absolute Gasteiger partial charge is 0.387 e. The highest BCUT2D eigenvalue weighted by molar-refractivity contribution is 5.38. The second-order valence-corrected chi connectivity index (χ2v) is 5.83. The lowest BCUT2D eigenvalue weighted by molar-refractivity contribution is 0.171. The lowest BCUT2D eigenvalue weighted by Gasteiger charge is -2.25. The van der Waals surface area contributed by atoms with Crippen molar-refractivity contribution in [1.29, 1.82) is 0 Å². The molecule has 0 spiro atoms. The number of aromatic nitrogens is 2. The summed E-state index contributed by atoms with van der Waals surface area (Å²) in [6.45, 7) is 4.91. The monoisotopic (exact) mass is 304 g/mol. The minimum absolute atomic E-state index is 0.324. The van der Waals surface area contributed by atoms with Gasteiger partial charge in [-0.2, -0.15) is 5.10 Å². The second-order valence-electron chi connectivity index (χ2n) is 5.83. The van der Waals surface area contributed by atoms with E-state index < -0.39 is 6.10 Å². The van der Waals surface area contributed by atoms with Crippen LogP contribution in [-0.2, 0) is 6.54 Å². The number of hydrogen-bond acceptors (Lipinski definition) is 4. The number of anilines is 1. The zero-order valence-electron chi connectivity index (χ0n) is 12.6. The molecule has 3 rings (SSSR count). The third kappa shape index (κ3) is 3.45. The first-order valence-electron chi connectivity index (χ1n) is 7.54. The molecule has 2 atom stereocenters. The van der Waals surface area contributed by atoms with Gasteiger partial charge >= 0.3 is 0 Å². The first kappa shape index (κ1) is 15.0. The molecule has 1 aromatic carbocycles. The van der Waals surface area contributed by atoms with Gasteiger partial charge in [0.25, 0.3) is 0 Å². The summed E-state index contributed by atoms with van der Waals surface area (Å²) in [5, 5.41) is 21.1. The quantitative estimate of drug-likeness (QED) is 0.787. The number of halogens is 1. The summed E-state index contributed by atoms with van der Waals surface area (Å²) in [5.41, 5.74) is 1.61. The van der Waals surface area contributed by atoms with Gasteiger partial charge in [0.05, 0.1) is 11.8 Å². The van der Waals surface area contributed by atoms with Crippen LogP contribution in [0.5, 0.6) is 0 Å². The van der Waals surface area contributed by atoms with Crippen LogP contribution >= 0.6 is 0 Å². The summed E-state index contributed by atoms with van der Waals surface area (Å²) in [6.07, 6.45) is -0.699. The maximum absolute atomic E-state index is 13.1. The molecule has 6 heteroatoms. The summed E-state index contributed by atoms with van der Waals surface area (Å²) in [7, 11) is 0. The van der Waals surface area contributed by atoms with E-state index in [1.807, 2.05) is 17.7 Å². The Hall–Kier alpha value is -1.92. The second kappa shape index (κ2) is 6.46. The Morgan fingerprint density at radius 1 is 1.50 bits per heavy atom. The molecule has 3 N–H and O–H groups in total. The van der Waals surface area contributed by atoms with Crippen molar-refractivity contribution in [3.05, 3.63) is 47.4 Å². The Labute approximate surface area is 129 Å². The number of aryl methyl sites for hydroxylation is 1. The van der Waals surface area contributed by atoms with Gasteiger partial charge < -0.3 is 15.7 Å². The van der Waals surface area contributed by atoms with Crippen LogP contribution in [0.3, 0.4) is 0 Å². The highest BCUT2D eigenvalue weighted by Gasteiger charge is 2.19. The Bertz CT molecular complexity index is 643. The van der Waals surface area contributed by atoms with E-state index in [0.29, 0.717) is 18.0 Å². The summed E-state index contributed by atoms with van der Waals surface area (Å²) in [6, 6.07) is 8.13. The van der Waals surface area contributed by atoms with Crippen molar-refractivity contribution in [1.82, 2.24) is 15.1 Å². The first-order valence-corrected chi connectivity index (χ1v) is 7.54. The van der Waals surface area contributed by atoms with E-state index in [1.54, 1.807) is 12.1 Å². The van der Waals surface area contributed by atoms with E-state index in [2.05, 4.69) is 15.7 Å². The molecule has 22 heavy (non-hydrogen) atoms. The molecule has 0 aliphatic carbocycles. The van der Waals surface area contributed by atoms with Gasteiger partial charge in [-0.25, -0.2) is 9.07 Å². The standard InChI is InChI=1S/C16H21FN4O/c1-11-5-16-19-8-12(10-21(16)20-11)7-18-9-15(22)13-3-2-4-14(17)6-13/h2-6,12,15,18-19,22H,7-10H2,1H3/t12-,15+/m0/s1. The summed E-state index contributed by atoms with van der Waals surface area (Å²) >= 11 is 0. The van der Waals surface area contributed by atoms with Crippen LogP contribution in [0, 0.1) is 18.7 Å². The van der Waals surface area contributed by atoms with Gasteiger partial charge in [-0.05, 0) is 24.6 Å². The highest BCUT2D eigenvalue weighted by atomic mass is 19.1. The van der Waals surface area contributed by atoms with Crippen molar-refractivity contribution in [2.24, 2.45) is 5.92 Å². The van der Waals surface area contributed by atoms with Crippen molar-refractivity contribution >= 4 is 5.82 Å². The number of rotatable bonds is 5. The van der Waals surface area contributed by atoms with Gasteiger partial charge in [-0.15, -0.1) is 0 Å². The first-order chi connectivity index (χ1) is 10.6. The average molecular weight is 304 g/mol. The molecular weight excluding hydrogens is 283 g/mol. The molecule has 5 nitrogen and oxygen atoms in total. The molecular formula is C16H21FN4O. The predicted octanol–water partition coefficient (Wildman–Crippen LogP) is 1.70. The average Bonchev–Trinajstić information content (AvgIpc) is 2.86. The fourth-order valence-corrected chi connectivity index (χ4v) is 2.78. The summed E-state index contributed by atoms with van der Waals surface area (Å²) in [4.78, 5) is 0. The summed E-state index contributed by atoms with van der Waals surface area (Å²) < 4.78 is 15.1. The number of aliphatic hydroxyl groups excluding tert-OH is 1. The lowest BCUT2D eigenvalue weighted by Crippen LogP contribution is -2.36. The van der Waals surface area contributed by atoms with Gasteiger partial charge in [-0.1, -0.05) is 12.1 Å². The van der Waals surface area contributed by atoms with Crippen LogP contribution in [0.15, 0.2) is 30.3 Å². The van der Waals surface area contributed by atoms with E-state index in [9.17, 15) is 9.50 Å². The van der Waals surface area contributed by atoms with Crippen molar-refractivity contribution in [3.63, 3.8) is 0 Å². The Balaban J connectivity index is 1.47. The topological polar surface area (TPSA) is 62.1 Å². The van der Waals surface area contributed by atoms with Crippen molar-refractivity contribution in [2.75, 3.05) is 25.0 Å². The fraction of sp³-hybridized carbons (Fsp3) is 0.438. The van der Waals surface area contributed by atoms with E-state index in [4.69, 9.17) is 0 Å². The number of aliphatic hydroxyl groups is 1. The third-order valence-corrected chi connectivity index (χ3v) is 3.91. The molecule has 0 saturated heterocycles. The summed E-state index contributed by atoms with van der Waals surface area (Å²) in [5.74, 6) is 1.15. The Morgan fingerprint density at radius 2 is 2.36 bits per heavy atom. The van der Waals surface area contributed by atoms with Gasteiger partial charge in [0.15, 0.2) is 0 Å². The lowest BCUT2D eigenvalue weighted by atomic mass is 10.1. The minimum atomic E-state index is -0.699. The third-order valence-electron chi connectivity index (χ3n) is 3.91. The van der Waals surface area contributed by atoms with Gasteiger partial charge in [0.1, 0.15) is 11.6 Å². The smallest absolute Gasteiger partial charge is 0.124 e. The molecule has 0 bridgehead atoms. The maximum atomic E-state index is 13.1. The molecule has 0 saturated carbocycles. The van der Waals surface area contributed by atoms with Crippen LogP contribution in [0.1, 0.15) is 17.4 Å². The molecule has 0 radical (unpaired) electrons. The maximum Gasteiger partial charge on any atom is 0.124 e. The fourth-order valence-electron chi connectivity index (χ4n) is 2.78. The molecule has 1 aliphatic heterocycles. The Kier molecular flexibility index (Phi) is 4.40. The number of nitrogens with one attached hydrogen (secondary N) is 2. The van der Waals surface area contributed by atoms with Crippen molar-refractivity contribution in [3.8, 4) is 0 Å². The zero-order valence-corrected chi connectivity index (χ0v) is 12.6. The molecule has 118 valence electrons. The molecule has 0 fully saturated rings. The van der Waals surface area contributed by atoms with Gasteiger partial charge in [0, 0.05) is 38.2 Å². The minimum Gasteiger partial charge on any atom is -0.387 e. The van der Waals surface area contributed by atoms with Crippen LogP contribution in [0.25, 0.3) is 0 Å². The van der Waals surface area contributed by atoms with Crippen molar-refractivity contribution < 1.29 is 9.50 Å².